The number of benzene rings is 2. The number of halogens is 3. The fraction of sp³-hybridized carbons (Fsp3) is 0.250. The summed E-state index contributed by atoms with van der Waals surface area (Å²) in [6.07, 6.45) is 1.70. The van der Waals surface area contributed by atoms with Gasteiger partial charge >= 0.3 is 5.51 Å². The van der Waals surface area contributed by atoms with Gasteiger partial charge in [0.1, 0.15) is 0 Å². The van der Waals surface area contributed by atoms with Gasteiger partial charge in [0, 0.05) is 16.6 Å². The average molecular weight is 309 g/mol. The van der Waals surface area contributed by atoms with Crippen molar-refractivity contribution < 1.29 is 13.2 Å². The normalized spacial score (nSPS) is 15.0. The zero-order valence-corrected chi connectivity index (χ0v) is 12.0. The topological polar surface area (TPSA) is 12.0 Å². The molecule has 21 heavy (non-hydrogen) atoms. The van der Waals surface area contributed by atoms with Gasteiger partial charge in [-0.2, -0.15) is 13.2 Å². The van der Waals surface area contributed by atoms with Crippen molar-refractivity contribution in [3.63, 3.8) is 0 Å². The number of para-hydroxylation sites is 1. The maximum atomic E-state index is 12.6. The second kappa shape index (κ2) is 5.64. The predicted molar refractivity (Wildman–Crippen MR) is 79.6 cm³/mol. The largest absolute Gasteiger partial charge is 0.446 e. The van der Waals surface area contributed by atoms with Crippen molar-refractivity contribution in [2.75, 3.05) is 5.32 Å². The van der Waals surface area contributed by atoms with Crippen LogP contribution in [0.2, 0.25) is 0 Å². The lowest BCUT2D eigenvalue weighted by atomic mass is 10.1. The first-order valence-electron chi connectivity index (χ1n) is 6.69. The summed E-state index contributed by atoms with van der Waals surface area (Å²) in [5.74, 6) is 0. The summed E-state index contributed by atoms with van der Waals surface area (Å²) in [5, 5.41) is 3.26. The van der Waals surface area contributed by atoms with Crippen LogP contribution in [0.25, 0.3) is 0 Å². The Morgan fingerprint density at radius 3 is 2.10 bits per heavy atom. The third kappa shape index (κ3) is 3.53. The van der Waals surface area contributed by atoms with Crippen molar-refractivity contribution in [3.8, 4) is 0 Å². The van der Waals surface area contributed by atoms with Crippen LogP contribution in [0, 0.1) is 0 Å². The van der Waals surface area contributed by atoms with Gasteiger partial charge in [0.15, 0.2) is 0 Å². The van der Waals surface area contributed by atoms with Crippen molar-refractivity contribution >= 4 is 17.4 Å². The highest BCUT2D eigenvalue weighted by Gasteiger charge is 2.31. The first-order chi connectivity index (χ1) is 10.0. The minimum Gasteiger partial charge on any atom is -0.381 e. The van der Waals surface area contributed by atoms with Crippen LogP contribution in [0.1, 0.15) is 11.1 Å². The number of hydrogen-bond acceptors (Lipinski definition) is 2. The molecule has 0 spiro atoms. The second-order valence-corrected chi connectivity index (χ2v) is 6.17. The van der Waals surface area contributed by atoms with Crippen LogP contribution in [-0.4, -0.2) is 11.6 Å². The summed E-state index contributed by atoms with van der Waals surface area (Å²) in [5.41, 5.74) is -1.17. The Kier molecular flexibility index (Phi) is 3.85. The van der Waals surface area contributed by atoms with Gasteiger partial charge in [0.2, 0.25) is 0 Å². The van der Waals surface area contributed by atoms with E-state index in [2.05, 4.69) is 17.4 Å². The van der Waals surface area contributed by atoms with E-state index in [0.29, 0.717) is 5.69 Å². The quantitative estimate of drug-likeness (QED) is 0.811. The molecule has 0 bridgehead atoms. The SMILES string of the molecule is FC(F)(F)Sc1ccccc1NC1Cc2ccccc2C1. The lowest BCUT2D eigenvalue weighted by molar-refractivity contribution is -0.0327. The molecule has 0 saturated heterocycles. The zero-order chi connectivity index (χ0) is 14.9. The van der Waals surface area contributed by atoms with Crippen LogP contribution in [0.4, 0.5) is 18.9 Å². The summed E-state index contributed by atoms with van der Waals surface area (Å²) < 4.78 is 37.8. The summed E-state index contributed by atoms with van der Waals surface area (Å²) in [4.78, 5) is 0.223. The van der Waals surface area contributed by atoms with Gasteiger partial charge in [-0.1, -0.05) is 36.4 Å². The standard InChI is InChI=1S/C16H14F3NS/c17-16(18,19)21-15-8-4-3-7-14(15)20-13-9-11-5-1-2-6-12(11)10-13/h1-8,13,20H,9-10H2. The Bertz CT molecular complexity index is 614. The molecule has 2 aromatic rings. The number of fused-ring (bicyclic) bond motifs is 1. The molecule has 0 unspecified atom stereocenters. The highest BCUT2D eigenvalue weighted by Crippen LogP contribution is 2.40. The van der Waals surface area contributed by atoms with Gasteiger partial charge in [0.25, 0.3) is 0 Å². The van der Waals surface area contributed by atoms with E-state index in [-0.39, 0.29) is 22.7 Å². The molecule has 0 radical (unpaired) electrons. The van der Waals surface area contributed by atoms with E-state index in [9.17, 15) is 13.2 Å². The first-order valence-corrected chi connectivity index (χ1v) is 7.51. The molecule has 1 N–H and O–H groups in total. The zero-order valence-electron chi connectivity index (χ0n) is 11.2. The van der Waals surface area contributed by atoms with Crippen molar-refractivity contribution in [2.45, 2.75) is 29.3 Å². The molecule has 1 aliphatic carbocycles. The van der Waals surface area contributed by atoms with Gasteiger partial charge in [-0.15, -0.1) is 0 Å². The highest BCUT2D eigenvalue weighted by molar-refractivity contribution is 8.00. The molecule has 0 atom stereocenters. The van der Waals surface area contributed by atoms with E-state index < -0.39 is 5.51 Å². The van der Waals surface area contributed by atoms with Crippen LogP contribution in [0.3, 0.4) is 0 Å². The first kappa shape index (κ1) is 14.3. The van der Waals surface area contributed by atoms with E-state index in [4.69, 9.17) is 0 Å². The Hall–Kier alpha value is -1.62. The average Bonchev–Trinajstić information content (AvgIpc) is 2.81. The van der Waals surface area contributed by atoms with Crippen LogP contribution < -0.4 is 5.32 Å². The predicted octanol–water partition coefficient (Wildman–Crippen LogP) is 4.88. The minimum atomic E-state index is -4.27. The molecule has 0 saturated carbocycles. The number of rotatable bonds is 3. The van der Waals surface area contributed by atoms with Crippen molar-refractivity contribution in [3.05, 3.63) is 59.7 Å². The van der Waals surface area contributed by atoms with E-state index in [0.717, 1.165) is 12.8 Å². The maximum Gasteiger partial charge on any atom is 0.446 e. The summed E-state index contributed by atoms with van der Waals surface area (Å²) >= 11 is -0.0679. The van der Waals surface area contributed by atoms with Gasteiger partial charge in [0.05, 0.1) is 0 Å². The van der Waals surface area contributed by atoms with Gasteiger partial charge in [-0.05, 0) is 47.9 Å². The van der Waals surface area contributed by atoms with Crippen molar-refractivity contribution in [1.29, 1.82) is 0 Å². The molecular weight excluding hydrogens is 295 g/mol. The third-order valence-corrected chi connectivity index (χ3v) is 4.33. The Balaban J connectivity index is 1.75. The maximum absolute atomic E-state index is 12.6. The van der Waals surface area contributed by atoms with Gasteiger partial charge in [-0.3, -0.25) is 0 Å². The molecule has 0 fully saturated rings. The highest BCUT2D eigenvalue weighted by atomic mass is 32.2. The number of anilines is 1. The molecule has 1 aliphatic rings. The van der Waals surface area contributed by atoms with E-state index in [1.54, 1.807) is 18.2 Å². The Morgan fingerprint density at radius 2 is 1.48 bits per heavy atom. The molecular formula is C16H14F3NS. The molecule has 1 nitrogen and oxygen atoms in total. The molecule has 0 heterocycles. The summed E-state index contributed by atoms with van der Waals surface area (Å²) in [6.45, 7) is 0. The molecule has 3 rings (SSSR count). The van der Waals surface area contributed by atoms with Gasteiger partial charge < -0.3 is 5.32 Å². The molecule has 0 amide bonds. The van der Waals surface area contributed by atoms with Crippen LogP contribution >= 0.6 is 11.8 Å². The van der Waals surface area contributed by atoms with E-state index >= 15 is 0 Å². The van der Waals surface area contributed by atoms with E-state index in [1.165, 1.54) is 17.2 Å². The number of alkyl halides is 3. The smallest absolute Gasteiger partial charge is 0.381 e. The fourth-order valence-electron chi connectivity index (χ4n) is 2.68. The third-order valence-electron chi connectivity index (χ3n) is 3.52. The van der Waals surface area contributed by atoms with Crippen LogP contribution in [-0.2, 0) is 12.8 Å². The molecule has 2 aromatic carbocycles. The molecule has 0 aliphatic heterocycles. The van der Waals surface area contributed by atoms with Gasteiger partial charge in [-0.25, -0.2) is 0 Å². The fourth-order valence-corrected chi connectivity index (χ4v) is 3.31. The molecule has 0 aromatic heterocycles. The summed E-state index contributed by atoms with van der Waals surface area (Å²) in [7, 11) is 0. The van der Waals surface area contributed by atoms with Crippen LogP contribution in [0.15, 0.2) is 53.4 Å². The lowest BCUT2D eigenvalue weighted by Crippen LogP contribution is -2.20. The Labute approximate surface area is 125 Å². The number of nitrogens with one attached hydrogen (secondary N) is 1. The Morgan fingerprint density at radius 1 is 0.905 bits per heavy atom. The lowest BCUT2D eigenvalue weighted by Gasteiger charge is -2.17. The molecule has 5 heteroatoms. The van der Waals surface area contributed by atoms with Crippen LogP contribution in [0.5, 0.6) is 0 Å². The number of hydrogen-bond donors (Lipinski definition) is 1. The molecule has 110 valence electrons. The van der Waals surface area contributed by atoms with Crippen molar-refractivity contribution in [1.82, 2.24) is 0 Å². The van der Waals surface area contributed by atoms with E-state index in [1.807, 2.05) is 12.1 Å². The monoisotopic (exact) mass is 309 g/mol. The number of thioether (sulfide) groups is 1. The second-order valence-electron chi connectivity index (χ2n) is 5.06. The summed E-state index contributed by atoms with van der Waals surface area (Å²) in [6, 6.07) is 14.9. The van der Waals surface area contributed by atoms with Crippen molar-refractivity contribution in [2.24, 2.45) is 0 Å². The minimum absolute atomic E-state index is 0.0679.